The van der Waals surface area contributed by atoms with Gasteiger partial charge in [-0.2, -0.15) is 0 Å². The van der Waals surface area contributed by atoms with Crippen molar-refractivity contribution in [2.45, 2.75) is 105 Å². The van der Waals surface area contributed by atoms with Crippen LogP contribution >= 0.6 is 0 Å². The molecule has 0 aliphatic carbocycles. The van der Waals surface area contributed by atoms with Crippen molar-refractivity contribution in [2.24, 2.45) is 0 Å². The van der Waals surface area contributed by atoms with Crippen LogP contribution in [0.2, 0.25) is 0 Å². The van der Waals surface area contributed by atoms with Crippen molar-refractivity contribution in [1.82, 2.24) is 15.0 Å². The molecule has 5 heteroatoms. The number of rotatable bonds is 6. The van der Waals surface area contributed by atoms with Crippen molar-refractivity contribution >= 4 is 0 Å². The van der Waals surface area contributed by atoms with Gasteiger partial charge in [0.2, 0.25) is 0 Å². The molecule has 5 nitrogen and oxygen atoms in total. The molecule has 0 saturated heterocycles. The van der Waals surface area contributed by atoms with Gasteiger partial charge in [-0.3, -0.25) is 15.0 Å². The molecule has 0 amide bonds. The summed E-state index contributed by atoms with van der Waals surface area (Å²) in [4.78, 5) is 12.4. The fourth-order valence-electron chi connectivity index (χ4n) is 3.15. The van der Waals surface area contributed by atoms with Crippen molar-refractivity contribution in [1.29, 1.82) is 0 Å². The Kier molecular flexibility index (Phi) is 12.9. The van der Waals surface area contributed by atoms with E-state index in [1.165, 1.54) is 22.3 Å². The molecule has 0 bridgehead atoms. The lowest BCUT2D eigenvalue weighted by Crippen LogP contribution is -2.16. The molecular weight excluding hydrogens is 446 g/mol. The lowest BCUT2D eigenvalue weighted by Gasteiger charge is -2.18. The number of pyridine rings is 3. The number of hydrogen-bond acceptors (Lipinski definition) is 5. The van der Waals surface area contributed by atoms with Gasteiger partial charge in [0.05, 0.1) is 11.7 Å². The van der Waals surface area contributed by atoms with E-state index in [4.69, 9.17) is 0 Å². The van der Waals surface area contributed by atoms with Gasteiger partial charge in [0, 0.05) is 42.7 Å². The summed E-state index contributed by atoms with van der Waals surface area (Å²) in [5.41, 5.74) is 5.98. The lowest BCUT2D eigenvalue weighted by molar-refractivity contribution is 0.0781. The van der Waals surface area contributed by atoms with Crippen molar-refractivity contribution in [3.8, 4) is 0 Å². The molecule has 0 spiro atoms. The minimum atomic E-state index is -0.794. The first-order valence-corrected chi connectivity index (χ1v) is 13.0. The number of nitrogens with zero attached hydrogens (tertiary/aromatic N) is 3. The first-order chi connectivity index (χ1) is 16.8. The molecule has 1 atom stereocenters. The highest BCUT2D eigenvalue weighted by Gasteiger charge is 2.16. The van der Waals surface area contributed by atoms with E-state index in [1.54, 1.807) is 33.2 Å². The van der Waals surface area contributed by atoms with Crippen LogP contribution in [0.5, 0.6) is 0 Å². The summed E-state index contributed by atoms with van der Waals surface area (Å²) in [5, 5.41) is 19.0. The fraction of sp³-hybridized carbons (Fsp3) is 0.516. The van der Waals surface area contributed by atoms with Gasteiger partial charge in [0.15, 0.2) is 0 Å². The molecular formula is C31H47N3O2. The Balaban J connectivity index is 0.000000271. The molecule has 3 aromatic rings. The maximum Gasteiger partial charge on any atom is 0.0855 e. The predicted octanol–water partition coefficient (Wildman–Crippen LogP) is 7.46. The minimum Gasteiger partial charge on any atom is -0.389 e. The van der Waals surface area contributed by atoms with Crippen molar-refractivity contribution in [3.05, 3.63) is 88.8 Å². The van der Waals surface area contributed by atoms with Gasteiger partial charge in [0.25, 0.3) is 0 Å². The number of aliphatic hydroxyl groups is 2. The summed E-state index contributed by atoms with van der Waals surface area (Å²) in [7, 11) is 0. The van der Waals surface area contributed by atoms with Crippen LogP contribution in [0.3, 0.4) is 0 Å². The average Bonchev–Trinajstić information content (AvgIpc) is 2.84. The van der Waals surface area contributed by atoms with E-state index < -0.39 is 11.7 Å². The Morgan fingerprint density at radius 2 is 1.06 bits per heavy atom. The molecule has 0 radical (unpaired) electrons. The van der Waals surface area contributed by atoms with Crippen LogP contribution < -0.4 is 0 Å². The second kappa shape index (κ2) is 14.8. The second-order valence-corrected chi connectivity index (χ2v) is 10.7. The highest BCUT2D eigenvalue weighted by atomic mass is 16.3. The first-order valence-electron chi connectivity index (χ1n) is 13.0. The molecule has 198 valence electrons. The van der Waals surface area contributed by atoms with Crippen molar-refractivity contribution < 1.29 is 10.2 Å². The molecule has 3 heterocycles. The van der Waals surface area contributed by atoms with E-state index in [-0.39, 0.29) is 0 Å². The third kappa shape index (κ3) is 11.0. The summed E-state index contributed by atoms with van der Waals surface area (Å²) in [6.45, 7) is 20.3. The van der Waals surface area contributed by atoms with Crippen LogP contribution in [0, 0.1) is 0 Å². The number of hydrogen-bond donors (Lipinski definition) is 2. The molecule has 0 aromatic carbocycles. The van der Waals surface area contributed by atoms with Gasteiger partial charge in [-0.15, -0.1) is 0 Å². The molecule has 3 aromatic heterocycles. The van der Waals surface area contributed by atoms with E-state index in [2.05, 4.69) is 69.5 Å². The average molecular weight is 494 g/mol. The van der Waals surface area contributed by atoms with Crippen LogP contribution in [0.15, 0.2) is 55.4 Å². The SMILES string of the molecule is CC(C)c1cncc(C(C)(C)O)c1.CC(C)c1cncc(C(C)O)c1.CCc1cncc(C(C)C)c1. The van der Waals surface area contributed by atoms with Gasteiger partial charge in [-0.1, -0.05) is 54.5 Å². The maximum absolute atomic E-state index is 9.76. The van der Waals surface area contributed by atoms with Crippen LogP contribution in [0.4, 0.5) is 0 Å². The van der Waals surface area contributed by atoms with Gasteiger partial charge in [-0.25, -0.2) is 0 Å². The smallest absolute Gasteiger partial charge is 0.0855 e. The largest absolute Gasteiger partial charge is 0.389 e. The van der Waals surface area contributed by atoms with E-state index in [0.717, 1.165) is 17.5 Å². The van der Waals surface area contributed by atoms with E-state index in [1.807, 2.05) is 36.9 Å². The molecule has 0 saturated carbocycles. The van der Waals surface area contributed by atoms with Crippen LogP contribution in [0.25, 0.3) is 0 Å². The zero-order valence-electron chi connectivity index (χ0n) is 23.9. The topological polar surface area (TPSA) is 79.1 Å². The Labute approximate surface area is 219 Å². The van der Waals surface area contributed by atoms with E-state index in [0.29, 0.717) is 17.8 Å². The molecule has 1 unspecified atom stereocenters. The molecule has 2 N–H and O–H groups in total. The highest BCUT2D eigenvalue weighted by molar-refractivity contribution is 5.25. The Bertz CT molecular complexity index is 1010. The van der Waals surface area contributed by atoms with Gasteiger partial charge in [0.1, 0.15) is 0 Å². The molecule has 0 aliphatic rings. The normalized spacial score (nSPS) is 12.1. The Morgan fingerprint density at radius 1 is 0.639 bits per heavy atom. The summed E-state index contributed by atoms with van der Waals surface area (Å²) >= 11 is 0. The molecule has 36 heavy (non-hydrogen) atoms. The zero-order chi connectivity index (χ0) is 27.5. The van der Waals surface area contributed by atoms with E-state index >= 15 is 0 Å². The zero-order valence-corrected chi connectivity index (χ0v) is 23.9. The van der Waals surface area contributed by atoms with Crippen LogP contribution in [-0.4, -0.2) is 25.2 Å². The Morgan fingerprint density at radius 3 is 1.50 bits per heavy atom. The van der Waals surface area contributed by atoms with Crippen LogP contribution in [-0.2, 0) is 12.0 Å². The summed E-state index contributed by atoms with van der Waals surface area (Å²) in [5.74, 6) is 1.51. The predicted molar refractivity (Wildman–Crippen MR) is 150 cm³/mol. The second-order valence-electron chi connectivity index (χ2n) is 10.7. The standard InChI is InChI=1S/C11H17NO.C10H15NO.C10H15N/c1-8(2)9-5-10(7-12-6-9)11(3,4)13;1-7(2)9-4-10(8(3)12)6-11-5-9;1-4-9-5-10(8(2)3)7-11-6-9/h5-8,13H,1-4H3;4-8,12H,1-3H3;5-8H,4H2,1-3H3. The number of aliphatic hydroxyl groups excluding tert-OH is 1. The monoisotopic (exact) mass is 493 g/mol. The molecule has 0 fully saturated rings. The third-order valence-electron chi connectivity index (χ3n) is 5.95. The number of aromatic nitrogens is 3. The van der Waals surface area contributed by atoms with Gasteiger partial charge < -0.3 is 10.2 Å². The number of aryl methyl sites for hydroxylation is 1. The molecule has 0 aliphatic heterocycles. The highest BCUT2D eigenvalue weighted by Crippen LogP contribution is 2.22. The third-order valence-corrected chi connectivity index (χ3v) is 5.95. The first kappa shape index (κ1) is 31.4. The molecule has 3 rings (SSSR count). The Hall–Kier alpha value is -2.63. The van der Waals surface area contributed by atoms with Crippen molar-refractivity contribution in [3.63, 3.8) is 0 Å². The maximum atomic E-state index is 9.76. The quantitative estimate of drug-likeness (QED) is 0.372. The van der Waals surface area contributed by atoms with E-state index in [9.17, 15) is 10.2 Å². The van der Waals surface area contributed by atoms with Crippen LogP contribution in [0.1, 0.15) is 126 Å². The fourth-order valence-corrected chi connectivity index (χ4v) is 3.15. The van der Waals surface area contributed by atoms with Crippen molar-refractivity contribution in [2.75, 3.05) is 0 Å². The summed E-state index contributed by atoms with van der Waals surface area (Å²) < 4.78 is 0. The van der Waals surface area contributed by atoms with Gasteiger partial charge >= 0.3 is 0 Å². The summed E-state index contributed by atoms with van der Waals surface area (Å²) in [6.07, 6.45) is 11.7. The summed E-state index contributed by atoms with van der Waals surface area (Å²) in [6, 6.07) is 6.25. The lowest BCUT2D eigenvalue weighted by atomic mass is 9.96. The van der Waals surface area contributed by atoms with Gasteiger partial charge in [-0.05, 0) is 84.9 Å². The minimum absolute atomic E-state index is 0.420.